The van der Waals surface area contributed by atoms with Crippen LogP contribution >= 0.6 is 27.3 Å². The molecule has 0 unspecified atom stereocenters. The van der Waals surface area contributed by atoms with E-state index in [2.05, 4.69) is 20.9 Å². The van der Waals surface area contributed by atoms with E-state index < -0.39 is 0 Å². The van der Waals surface area contributed by atoms with Gasteiger partial charge in [-0.1, -0.05) is 28.1 Å². The summed E-state index contributed by atoms with van der Waals surface area (Å²) in [6, 6.07) is 12.6. The van der Waals surface area contributed by atoms with Gasteiger partial charge >= 0.3 is 0 Å². The van der Waals surface area contributed by atoms with Crippen LogP contribution in [0.4, 0.5) is 0 Å². The third-order valence-electron chi connectivity index (χ3n) is 3.82. The van der Waals surface area contributed by atoms with Crippen LogP contribution in [-0.2, 0) is 0 Å². The van der Waals surface area contributed by atoms with Crippen molar-refractivity contribution in [2.45, 2.75) is 26.8 Å². The van der Waals surface area contributed by atoms with E-state index in [4.69, 9.17) is 5.10 Å². The van der Waals surface area contributed by atoms with Crippen molar-refractivity contribution in [2.24, 2.45) is 10.1 Å². The Balaban J connectivity index is 2.17. The molecule has 0 fully saturated rings. The molecule has 3 rings (SSSR count). The molecule has 0 spiro atoms. The van der Waals surface area contributed by atoms with E-state index in [0.717, 1.165) is 20.5 Å². The summed E-state index contributed by atoms with van der Waals surface area (Å²) >= 11 is 4.98. The molecule has 0 saturated heterocycles. The van der Waals surface area contributed by atoms with Crippen molar-refractivity contribution < 1.29 is 10.2 Å². The Morgan fingerprint density at radius 3 is 2.44 bits per heavy atom. The highest BCUT2D eigenvalue weighted by molar-refractivity contribution is 9.10. The van der Waals surface area contributed by atoms with Crippen molar-refractivity contribution in [3.63, 3.8) is 0 Å². The first kappa shape index (κ1) is 19.4. The van der Waals surface area contributed by atoms with E-state index in [1.807, 2.05) is 50.4 Å². The van der Waals surface area contributed by atoms with Crippen LogP contribution in [0.2, 0.25) is 0 Å². The fourth-order valence-corrected chi connectivity index (χ4v) is 3.78. The van der Waals surface area contributed by atoms with Crippen molar-refractivity contribution in [2.75, 3.05) is 0 Å². The first-order chi connectivity index (χ1) is 12.8. The van der Waals surface area contributed by atoms with Crippen molar-refractivity contribution in [1.29, 1.82) is 0 Å². The summed E-state index contributed by atoms with van der Waals surface area (Å²) in [6.45, 7) is 5.86. The molecule has 0 atom stereocenters. The standard InChI is InChI=1S/C20H20BrN3O2S/c1-12(2)22-20-24(18(11-27-20)14-4-6-15(21)7-5-14)23-13(3)17-9-8-16(25)10-19(17)26/h4-12,25-26H,1-3H3. The lowest BCUT2D eigenvalue weighted by Gasteiger charge is -2.08. The van der Waals surface area contributed by atoms with Crippen molar-refractivity contribution in [1.82, 2.24) is 4.68 Å². The summed E-state index contributed by atoms with van der Waals surface area (Å²) in [4.78, 5) is 5.45. The van der Waals surface area contributed by atoms with E-state index in [1.165, 1.54) is 23.5 Å². The van der Waals surface area contributed by atoms with Gasteiger partial charge in [-0.3, -0.25) is 4.99 Å². The van der Waals surface area contributed by atoms with Crippen LogP contribution in [0.25, 0.3) is 11.3 Å². The molecule has 0 bridgehead atoms. The van der Waals surface area contributed by atoms with Gasteiger partial charge in [-0.15, -0.1) is 11.3 Å². The molecular formula is C20H20BrN3O2S. The molecule has 2 aromatic carbocycles. The topological polar surface area (TPSA) is 70.1 Å². The third-order valence-corrected chi connectivity index (χ3v) is 5.17. The van der Waals surface area contributed by atoms with Gasteiger partial charge in [-0.05, 0) is 45.0 Å². The molecule has 0 aliphatic heterocycles. The highest BCUT2D eigenvalue weighted by Crippen LogP contribution is 2.25. The monoisotopic (exact) mass is 445 g/mol. The number of aromatic nitrogens is 1. The number of halogens is 1. The predicted octanol–water partition coefficient (Wildman–Crippen LogP) is 4.97. The van der Waals surface area contributed by atoms with E-state index in [-0.39, 0.29) is 17.5 Å². The molecule has 0 aliphatic rings. The molecule has 0 aliphatic carbocycles. The Hall–Kier alpha value is -2.38. The third kappa shape index (κ3) is 4.48. The van der Waals surface area contributed by atoms with Gasteiger partial charge in [0, 0.05) is 33.1 Å². The second-order valence-electron chi connectivity index (χ2n) is 6.33. The Kier molecular flexibility index (Phi) is 5.82. The molecule has 7 heteroatoms. The Morgan fingerprint density at radius 2 is 1.81 bits per heavy atom. The molecule has 0 amide bonds. The van der Waals surface area contributed by atoms with E-state index in [0.29, 0.717) is 11.3 Å². The van der Waals surface area contributed by atoms with Crippen LogP contribution in [0.15, 0.2) is 62.4 Å². The van der Waals surface area contributed by atoms with Crippen molar-refractivity contribution in [3.05, 3.63) is 62.7 Å². The molecule has 27 heavy (non-hydrogen) atoms. The molecule has 0 radical (unpaired) electrons. The molecular weight excluding hydrogens is 426 g/mol. The summed E-state index contributed by atoms with van der Waals surface area (Å²) in [5.41, 5.74) is 3.12. The highest BCUT2D eigenvalue weighted by atomic mass is 79.9. The summed E-state index contributed by atoms with van der Waals surface area (Å²) < 4.78 is 2.81. The fraction of sp³-hybridized carbons (Fsp3) is 0.200. The number of thiazole rings is 1. The van der Waals surface area contributed by atoms with Crippen LogP contribution in [0, 0.1) is 0 Å². The van der Waals surface area contributed by atoms with Crippen molar-refractivity contribution in [3.8, 4) is 22.8 Å². The zero-order chi connectivity index (χ0) is 19.6. The van der Waals surface area contributed by atoms with Gasteiger partial charge in [0.2, 0.25) is 4.80 Å². The van der Waals surface area contributed by atoms with Crippen LogP contribution in [0.5, 0.6) is 11.5 Å². The summed E-state index contributed by atoms with van der Waals surface area (Å²) in [6.07, 6.45) is 0. The van der Waals surface area contributed by atoms with Crippen LogP contribution in [-0.4, -0.2) is 26.6 Å². The normalized spacial score (nSPS) is 12.8. The number of hydrogen-bond donors (Lipinski definition) is 2. The SMILES string of the molecule is CC(=Nn1c(-c2ccc(Br)cc2)csc1=NC(C)C)c1ccc(O)cc1O. The van der Waals surface area contributed by atoms with E-state index >= 15 is 0 Å². The maximum absolute atomic E-state index is 10.1. The van der Waals surface area contributed by atoms with E-state index in [9.17, 15) is 10.2 Å². The zero-order valence-corrected chi connectivity index (χ0v) is 17.6. The van der Waals surface area contributed by atoms with Crippen molar-refractivity contribution >= 4 is 33.0 Å². The smallest absolute Gasteiger partial charge is 0.206 e. The van der Waals surface area contributed by atoms with Gasteiger partial charge < -0.3 is 10.2 Å². The van der Waals surface area contributed by atoms with Crippen LogP contribution in [0.3, 0.4) is 0 Å². The molecule has 1 aromatic heterocycles. The van der Waals surface area contributed by atoms with E-state index in [1.54, 1.807) is 10.7 Å². The second-order valence-corrected chi connectivity index (χ2v) is 8.08. The first-order valence-electron chi connectivity index (χ1n) is 8.43. The number of rotatable bonds is 4. The number of phenolic OH excluding ortho intramolecular Hbond substituents is 2. The van der Waals surface area contributed by atoms with Gasteiger partial charge in [0.1, 0.15) is 11.5 Å². The van der Waals surface area contributed by atoms with Gasteiger partial charge in [0.25, 0.3) is 0 Å². The average molecular weight is 446 g/mol. The molecule has 140 valence electrons. The maximum atomic E-state index is 10.1. The van der Waals surface area contributed by atoms with Gasteiger partial charge in [-0.2, -0.15) is 5.10 Å². The van der Waals surface area contributed by atoms with Gasteiger partial charge in [-0.25, -0.2) is 4.68 Å². The highest BCUT2D eigenvalue weighted by Gasteiger charge is 2.11. The molecule has 0 saturated carbocycles. The largest absolute Gasteiger partial charge is 0.508 e. The number of phenols is 2. The zero-order valence-electron chi connectivity index (χ0n) is 15.2. The number of nitrogens with zero attached hydrogens (tertiary/aromatic N) is 3. The predicted molar refractivity (Wildman–Crippen MR) is 114 cm³/mol. The Bertz CT molecular complexity index is 1050. The average Bonchev–Trinajstić information content (AvgIpc) is 2.97. The van der Waals surface area contributed by atoms with Crippen LogP contribution in [0.1, 0.15) is 26.3 Å². The minimum Gasteiger partial charge on any atom is -0.508 e. The molecule has 5 nitrogen and oxygen atoms in total. The lowest BCUT2D eigenvalue weighted by Crippen LogP contribution is -2.16. The number of hydrogen-bond acceptors (Lipinski definition) is 5. The summed E-state index contributed by atoms with van der Waals surface area (Å²) in [7, 11) is 0. The summed E-state index contributed by atoms with van der Waals surface area (Å²) in [5, 5.41) is 26.4. The van der Waals surface area contributed by atoms with Gasteiger partial charge in [0.05, 0.1) is 11.4 Å². The number of aromatic hydroxyl groups is 2. The molecule has 1 heterocycles. The molecule has 2 N–H and O–H groups in total. The summed E-state index contributed by atoms with van der Waals surface area (Å²) in [5.74, 6) is -0.00194. The van der Waals surface area contributed by atoms with Crippen LogP contribution < -0.4 is 4.80 Å². The lowest BCUT2D eigenvalue weighted by atomic mass is 10.1. The van der Waals surface area contributed by atoms with Gasteiger partial charge in [0.15, 0.2) is 0 Å². The second kappa shape index (κ2) is 8.10. The molecule has 3 aromatic rings. The quantitative estimate of drug-likeness (QED) is 0.556. The first-order valence-corrected chi connectivity index (χ1v) is 10.1. The maximum Gasteiger partial charge on any atom is 0.206 e. The lowest BCUT2D eigenvalue weighted by molar-refractivity contribution is 0.450. The number of benzene rings is 2. The fourth-order valence-electron chi connectivity index (χ4n) is 2.55. The minimum absolute atomic E-state index is 0.0123. The Morgan fingerprint density at radius 1 is 1.11 bits per heavy atom. The Labute approximate surface area is 170 Å². The minimum atomic E-state index is -0.0142.